The van der Waals surface area contributed by atoms with Gasteiger partial charge in [0.25, 0.3) is 0 Å². The van der Waals surface area contributed by atoms with Crippen molar-refractivity contribution < 1.29 is 8.81 Å². The molecule has 19 heavy (non-hydrogen) atoms. The van der Waals surface area contributed by atoms with Crippen molar-refractivity contribution in [1.82, 2.24) is 0 Å². The summed E-state index contributed by atoms with van der Waals surface area (Å²) < 4.78 is 19.0. The highest BCUT2D eigenvalue weighted by Crippen LogP contribution is 2.23. The summed E-state index contributed by atoms with van der Waals surface area (Å²) in [5.74, 6) is -0.214. The van der Waals surface area contributed by atoms with E-state index in [1.807, 2.05) is 37.9 Å². The van der Waals surface area contributed by atoms with Crippen LogP contribution < -0.4 is 10.2 Å². The standard InChI is InChI=1S/C15H19FN2O/c1-11(2)18(3)15-5-4-13(8-14(15)16)17-9-12-6-7-19-10-12/h4-8,10-11,17H,9H2,1-3H3. The molecular weight excluding hydrogens is 243 g/mol. The number of rotatable bonds is 5. The van der Waals surface area contributed by atoms with Gasteiger partial charge in [-0.2, -0.15) is 0 Å². The molecule has 1 N–H and O–H groups in total. The van der Waals surface area contributed by atoms with Crippen molar-refractivity contribution in [2.75, 3.05) is 17.3 Å². The normalized spacial score (nSPS) is 10.8. The van der Waals surface area contributed by atoms with Crippen molar-refractivity contribution in [2.24, 2.45) is 0 Å². The number of hydrogen-bond donors (Lipinski definition) is 1. The molecule has 0 amide bonds. The smallest absolute Gasteiger partial charge is 0.148 e. The number of benzene rings is 1. The van der Waals surface area contributed by atoms with Gasteiger partial charge in [0.15, 0.2) is 0 Å². The number of furan rings is 1. The van der Waals surface area contributed by atoms with Crippen LogP contribution in [0, 0.1) is 5.82 Å². The maximum atomic E-state index is 14.0. The van der Waals surface area contributed by atoms with Gasteiger partial charge in [0.1, 0.15) is 5.82 Å². The minimum absolute atomic E-state index is 0.214. The number of nitrogens with one attached hydrogen (secondary N) is 1. The van der Waals surface area contributed by atoms with Gasteiger partial charge in [-0.15, -0.1) is 0 Å². The fraction of sp³-hybridized carbons (Fsp3) is 0.333. The molecule has 4 heteroatoms. The Balaban J connectivity index is 2.06. The molecular formula is C15H19FN2O. The largest absolute Gasteiger partial charge is 0.472 e. The minimum atomic E-state index is -0.214. The van der Waals surface area contributed by atoms with Crippen molar-refractivity contribution in [3.8, 4) is 0 Å². The van der Waals surface area contributed by atoms with Gasteiger partial charge in [-0.05, 0) is 38.1 Å². The second-order valence-electron chi connectivity index (χ2n) is 4.86. The summed E-state index contributed by atoms with van der Waals surface area (Å²) in [7, 11) is 1.89. The second-order valence-corrected chi connectivity index (χ2v) is 4.86. The zero-order valence-corrected chi connectivity index (χ0v) is 11.5. The molecule has 0 radical (unpaired) electrons. The molecule has 1 aromatic carbocycles. The Labute approximate surface area is 113 Å². The van der Waals surface area contributed by atoms with Crippen LogP contribution in [0.5, 0.6) is 0 Å². The van der Waals surface area contributed by atoms with Crippen LogP contribution in [0.25, 0.3) is 0 Å². The lowest BCUT2D eigenvalue weighted by Crippen LogP contribution is -2.26. The summed E-state index contributed by atoms with van der Waals surface area (Å²) in [5, 5.41) is 3.16. The van der Waals surface area contributed by atoms with Crippen LogP contribution >= 0.6 is 0 Å². The maximum Gasteiger partial charge on any atom is 0.148 e. The van der Waals surface area contributed by atoms with E-state index >= 15 is 0 Å². The molecule has 0 spiro atoms. The van der Waals surface area contributed by atoms with Crippen LogP contribution in [-0.4, -0.2) is 13.1 Å². The predicted octanol–water partition coefficient (Wildman–Crippen LogP) is 3.88. The molecule has 0 atom stereocenters. The monoisotopic (exact) mass is 262 g/mol. The van der Waals surface area contributed by atoms with Crippen molar-refractivity contribution in [2.45, 2.75) is 26.4 Å². The average molecular weight is 262 g/mol. The van der Waals surface area contributed by atoms with E-state index in [1.165, 1.54) is 6.07 Å². The Morgan fingerprint density at radius 3 is 2.68 bits per heavy atom. The highest BCUT2D eigenvalue weighted by atomic mass is 19.1. The average Bonchev–Trinajstić information content (AvgIpc) is 2.88. The Hall–Kier alpha value is -1.97. The van der Waals surface area contributed by atoms with Gasteiger partial charge in [0.05, 0.1) is 18.2 Å². The van der Waals surface area contributed by atoms with Crippen molar-refractivity contribution in [3.63, 3.8) is 0 Å². The van der Waals surface area contributed by atoms with E-state index in [1.54, 1.807) is 18.6 Å². The number of nitrogens with zero attached hydrogens (tertiary/aromatic N) is 1. The van der Waals surface area contributed by atoms with E-state index in [4.69, 9.17) is 4.42 Å². The van der Waals surface area contributed by atoms with E-state index in [0.29, 0.717) is 12.2 Å². The van der Waals surface area contributed by atoms with Crippen LogP contribution in [0.2, 0.25) is 0 Å². The van der Waals surface area contributed by atoms with Gasteiger partial charge < -0.3 is 14.6 Å². The van der Waals surface area contributed by atoms with Crippen molar-refractivity contribution in [1.29, 1.82) is 0 Å². The zero-order chi connectivity index (χ0) is 13.8. The third-order valence-corrected chi connectivity index (χ3v) is 3.18. The van der Waals surface area contributed by atoms with E-state index in [0.717, 1.165) is 11.3 Å². The molecule has 3 nitrogen and oxygen atoms in total. The van der Waals surface area contributed by atoms with E-state index in [2.05, 4.69) is 5.32 Å². The summed E-state index contributed by atoms with van der Waals surface area (Å²) in [6.45, 7) is 4.68. The summed E-state index contributed by atoms with van der Waals surface area (Å²) in [6, 6.07) is 7.35. The van der Waals surface area contributed by atoms with Crippen molar-refractivity contribution >= 4 is 11.4 Å². The minimum Gasteiger partial charge on any atom is -0.472 e. The fourth-order valence-electron chi connectivity index (χ4n) is 1.78. The molecule has 0 unspecified atom stereocenters. The third-order valence-electron chi connectivity index (χ3n) is 3.18. The first-order valence-electron chi connectivity index (χ1n) is 6.35. The van der Waals surface area contributed by atoms with E-state index in [-0.39, 0.29) is 11.9 Å². The van der Waals surface area contributed by atoms with Crippen LogP contribution in [0.3, 0.4) is 0 Å². The quantitative estimate of drug-likeness (QED) is 0.886. The van der Waals surface area contributed by atoms with Gasteiger partial charge in [0.2, 0.25) is 0 Å². The molecule has 102 valence electrons. The van der Waals surface area contributed by atoms with Crippen molar-refractivity contribution in [3.05, 3.63) is 48.2 Å². The lowest BCUT2D eigenvalue weighted by Gasteiger charge is -2.24. The van der Waals surface area contributed by atoms with E-state index in [9.17, 15) is 4.39 Å². The Morgan fingerprint density at radius 2 is 2.11 bits per heavy atom. The Kier molecular flexibility index (Phi) is 4.10. The molecule has 2 aromatic rings. The molecule has 0 aliphatic rings. The topological polar surface area (TPSA) is 28.4 Å². The van der Waals surface area contributed by atoms with Gasteiger partial charge in [0, 0.05) is 30.9 Å². The molecule has 0 aliphatic carbocycles. The summed E-state index contributed by atoms with van der Waals surface area (Å²) in [4.78, 5) is 1.91. The van der Waals surface area contributed by atoms with Crippen LogP contribution in [-0.2, 0) is 6.54 Å². The number of hydrogen-bond acceptors (Lipinski definition) is 3. The highest BCUT2D eigenvalue weighted by molar-refractivity contribution is 5.56. The van der Waals surface area contributed by atoms with Crippen LogP contribution in [0.15, 0.2) is 41.2 Å². The number of halogens is 1. The predicted molar refractivity (Wildman–Crippen MR) is 76.0 cm³/mol. The maximum absolute atomic E-state index is 14.0. The Morgan fingerprint density at radius 1 is 1.32 bits per heavy atom. The lowest BCUT2D eigenvalue weighted by atomic mass is 10.2. The van der Waals surface area contributed by atoms with Gasteiger partial charge in [-0.3, -0.25) is 0 Å². The van der Waals surface area contributed by atoms with Gasteiger partial charge in [-0.1, -0.05) is 0 Å². The van der Waals surface area contributed by atoms with Gasteiger partial charge in [-0.25, -0.2) is 4.39 Å². The Bertz CT molecular complexity index is 523. The summed E-state index contributed by atoms with van der Waals surface area (Å²) in [5.41, 5.74) is 2.41. The second kappa shape index (κ2) is 5.78. The molecule has 1 heterocycles. The third kappa shape index (κ3) is 3.28. The molecule has 0 fully saturated rings. The molecule has 1 aromatic heterocycles. The molecule has 2 rings (SSSR count). The molecule has 0 bridgehead atoms. The van der Waals surface area contributed by atoms with Crippen LogP contribution in [0.1, 0.15) is 19.4 Å². The SMILES string of the molecule is CC(C)N(C)c1ccc(NCc2ccoc2)cc1F. The molecule has 0 saturated carbocycles. The zero-order valence-electron chi connectivity index (χ0n) is 11.5. The summed E-state index contributed by atoms with van der Waals surface area (Å²) >= 11 is 0. The lowest BCUT2D eigenvalue weighted by molar-refractivity contribution is 0.564. The highest BCUT2D eigenvalue weighted by Gasteiger charge is 2.10. The first-order valence-corrected chi connectivity index (χ1v) is 6.35. The van der Waals surface area contributed by atoms with Crippen LogP contribution in [0.4, 0.5) is 15.8 Å². The number of anilines is 2. The first-order chi connectivity index (χ1) is 9.08. The van der Waals surface area contributed by atoms with E-state index < -0.39 is 0 Å². The summed E-state index contributed by atoms with van der Waals surface area (Å²) in [6.07, 6.45) is 3.29. The fourth-order valence-corrected chi connectivity index (χ4v) is 1.78. The molecule has 0 saturated heterocycles. The molecule has 0 aliphatic heterocycles. The first kappa shape index (κ1) is 13.5. The van der Waals surface area contributed by atoms with Gasteiger partial charge >= 0.3 is 0 Å².